The third-order valence-electron chi connectivity index (χ3n) is 5.14. The Morgan fingerprint density at radius 1 is 1.00 bits per heavy atom. The Morgan fingerprint density at radius 3 is 2.55 bits per heavy atom. The van der Waals surface area contributed by atoms with Crippen molar-refractivity contribution in [2.24, 2.45) is 0 Å². The number of alkyl halides is 3. The highest BCUT2D eigenvalue weighted by Crippen LogP contribution is 2.36. The number of fused-ring (bicyclic) bond motifs is 1. The first-order chi connectivity index (χ1) is 15.8. The predicted molar refractivity (Wildman–Crippen MR) is 115 cm³/mol. The highest BCUT2D eigenvalue weighted by Gasteiger charge is 2.33. The number of aromatic nitrogens is 6. The van der Waals surface area contributed by atoms with Gasteiger partial charge in [0.2, 0.25) is 0 Å². The molecule has 0 bridgehead atoms. The Bertz CT molecular complexity index is 1470. The van der Waals surface area contributed by atoms with Crippen LogP contribution >= 0.6 is 0 Å². The van der Waals surface area contributed by atoms with Crippen LogP contribution in [0.4, 0.5) is 13.2 Å². The van der Waals surface area contributed by atoms with Gasteiger partial charge in [-0.05, 0) is 37.3 Å². The molecule has 5 rings (SSSR count). The van der Waals surface area contributed by atoms with Crippen LogP contribution in [0.15, 0.2) is 67.3 Å². The highest BCUT2D eigenvalue weighted by atomic mass is 19.4. The van der Waals surface area contributed by atoms with Gasteiger partial charge < -0.3 is 9.30 Å². The molecule has 0 saturated heterocycles. The van der Waals surface area contributed by atoms with Gasteiger partial charge in [0.05, 0.1) is 36.1 Å². The maximum Gasteiger partial charge on any atom is 0.417 e. The number of hydrogen-bond donors (Lipinski definition) is 0. The van der Waals surface area contributed by atoms with Crippen LogP contribution in [0.2, 0.25) is 0 Å². The van der Waals surface area contributed by atoms with Crippen molar-refractivity contribution < 1.29 is 17.9 Å². The van der Waals surface area contributed by atoms with Crippen LogP contribution in [-0.4, -0.2) is 36.2 Å². The van der Waals surface area contributed by atoms with E-state index in [4.69, 9.17) is 4.74 Å². The fourth-order valence-electron chi connectivity index (χ4n) is 3.59. The molecule has 33 heavy (non-hydrogen) atoms. The van der Waals surface area contributed by atoms with Gasteiger partial charge in [0.25, 0.3) is 5.78 Å². The molecule has 0 spiro atoms. The van der Waals surface area contributed by atoms with Gasteiger partial charge in [-0.25, -0.2) is 14.5 Å². The fourth-order valence-corrected chi connectivity index (χ4v) is 3.59. The monoisotopic (exact) mass is 450 g/mol. The number of imidazole rings is 1. The summed E-state index contributed by atoms with van der Waals surface area (Å²) in [7, 11) is 1.56. The number of ether oxygens (including phenoxy) is 1. The quantitative estimate of drug-likeness (QED) is 0.386. The molecular weight excluding hydrogens is 433 g/mol. The minimum atomic E-state index is -4.49. The molecule has 0 aliphatic heterocycles. The second-order valence-electron chi connectivity index (χ2n) is 7.35. The lowest BCUT2D eigenvalue weighted by Gasteiger charge is -2.11. The van der Waals surface area contributed by atoms with E-state index in [9.17, 15) is 13.2 Å². The topological polar surface area (TPSA) is 70.1 Å². The number of hydrogen-bond acceptors (Lipinski definition) is 5. The molecule has 0 unspecified atom stereocenters. The zero-order chi connectivity index (χ0) is 23.2. The van der Waals surface area contributed by atoms with Crippen molar-refractivity contribution in [3.05, 3.63) is 78.5 Å². The van der Waals surface area contributed by atoms with Gasteiger partial charge in [0, 0.05) is 23.5 Å². The summed E-state index contributed by atoms with van der Waals surface area (Å²) in [5.74, 6) is 1.15. The van der Waals surface area contributed by atoms with Crippen LogP contribution in [0.3, 0.4) is 0 Å². The standard InChI is InChI=1S/C23H17F3N6O/c1-14-12-31(13-27-14)19-8-7-15(11-20(19)33-2)21-29-22-28-18(9-10-32(22)30-21)16-5-3-4-6-17(16)23(24,25)26/h3-13H,1-2H3. The van der Waals surface area contributed by atoms with Gasteiger partial charge in [-0.15, -0.1) is 5.10 Å². The van der Waals surface area contributed by atoms with Crippen molar-refractivity contribution in [1.82, 2.24) is 29.1 Å². The van der Waals surface area contributed by atoms with E-state index in [-0.39, 0.29) is 17.0 Å². The Kier molecular flexibility index (Phi) is 4.85. The van der Waals surface area contributed by atoms with E-state index in [0.717, 1.165) is 17.4 Å². The number of methoxy groups -OCH3 is 1. The zero-order valence-electron chi connectivity index (χ0n) is 17.6. The molecule has 0 fully saturated rings. The predicted octanol–water partition coefficient (Wildman–Crippen LogP) is 4.98. The Labute approximate surface area is 186 Å². The first-order valence-electron chi connectivity index (χ1n) is 9.93. The average molecular weight is 450 g/mol. The lowest BCUT2D eigenvalue weighted by atomic mass is 10.0. The SMILES string of the molecule is COc1cc(-c2nc3nc(-c4ccccc4C(F)(F)F)ccn3n2)ccc1-n1cnc(C)c1. The average Bonchev–Trinajstić information content (AvgIpc) is 3.43. The molecule has 5 aromatic rings. The Hall–Kier alpha value is -4.21. The zero-order valence-corrected chi connectivity index (χ0v) is 17.6. The van der Waals surface area contributed by atoms with Gasteiger partial charge in [-0.1, -0.05) is 18.2 Å². The number of nitrogens with zero attached hydrogens (tertiary/aromatic N) is 6. The lowest BCUT2D eigenvalue weighted by Crippen LogP contribution is -2.07. The van der Waals surface area contributed by atoms with Crippen molar-refractivity contribution in [3.63, 3.8) is 0 Å². The molecule has 10 heteroatoms. The minimum Gasteiger partial charge on any atom is -0.495 e. The summed E-state index contributed by atoms with van der Waals surface area (Å²) < 4.78 is 49.1. The van der Waals surface area contributed by atoms with Crippen LogP contribution < -0.4 is 4.74 Å². The van der Waals surface area contributed by atoms with Crippen LogP contribution in [0.25, 0.3) is 34.1 Å². The Morgan fingerprint density at radius 2 is 1.82 bits per heavy atom. The Balaban J connectivity index is 1.55. The molecular formula is C23H17F3N6O. The van der Waals surface area contributed by atoms with E-state index in [2.05, 4.69) is 20.1 Å². The largest absolute Gasteiger partial charge is 0.495 e. The summed E-state index contributed by atoms with van der Waals surface area (Å²) >= 11 is 0. The summed E-state index contributed by atoms with van der Waals surface area (Å²) in [5.41, 5.74) is 1.75. The van der Waals surface area contributed by atoms with E-state index < -0.39 is 11.7 Å². The van der Waals surface area contributed by atoms with Crippen LogP contribution in [-0.2, 0) is 6.18 Å². The summed E-state index contributed by atoms with van der Waals surface area (Å²) in [5, 5.41) is 4.42. The van der Waals surface area contributed by atoms with E-state index >= 15 is 0 Å². The third-order valence-corrected chi connectivity index (χ3v) is 5.14. The van der Waals surface area contributed by atoms with Gasteiger partial charge in [-0.3, -0.25) is 0 Å². The second-order valence-corrected chi connectivity index (χ2v) is 7.35. The van der Waals surface area contributed by atoms with E-state index in [1.807, 2.05) is 29.8 Å². The van der Waals surface area contributed by atoms with Crippen LogP contribution in [0.5, 0.6) is 5.75 Å². The maximum atomic E-state index is 13.4. The van der Waals surface area contributed by atoms with Crippen LogP contribution in [0.1, 0.15) is 11.3 Å². The van der Waals surface area contributed by atoms with Crippen molar-refractivity contribution in [2.75, 3.05) is 7.11 Å². The van der Waals surface area contributed by atoms with Crippen molar-refractivity contribution in [3.8, 4) is 34.1 Å². The van der Waals surface area contributed by atoms with E-state index in [1.165, 1.54) is 22.7 Å². The second kappa shape index (κ2) is 7.73. The number of aryl methyl sites for hydroxylation is 1. The van der Waals surface area contributed by atoms with Crippen molar-refractivity contribution in [1.29, 1.82) is 0 Å². The summed E-state index contributed by atoms with van der Waals surface area (Å²) in [6.07, 6.45) is 0.627. The maximum absolute atomic E-state index is 13.4. The molecule has 0 aliphatic carbocycles. The first-order valence-corrected chi connectivity index (χ1v) is 9.93. The molecule has 0 saturated carbocycles. The molecule has 0 atom stereocenters. The minimum absolute atomic E-state index is 0.0151. The summed E-state index contributed by atoms with van der Waals surface area (Å²) in [6.45, 7) is 1.90. The lowest BCUT2D eigenvalue weighted by molar-refractivity contribution is -0.137. The summed E-state index contributed by atoms with van der Waals surface area (Å²) in [6, 6.07) is 12.3. The fraction of sp³-hybridized carbons (Fsp3) is 0.130. The number of benzene rings is 2. The molecule has 3 aromatic heterocycles. The van der Waals surface area contributed by atoms with Crippen molar-refractivity contribution in [2.45, 2.75) is 13.1 Å². The van der Waals surface area contributed by atoms with Crippen molar-refractivity contribution >= 4 is 5.78 Å². The van der Waals surface area contributed by atoms with Gasteiger partial charge >= 0.3 is 6.18 Å². The molecule has 7 nitrogen and oxygen atoms in total. The first kappa shape index (κ1) is 20.7. The number of rotatable bonds is 4. The molecule has 166 valence electrons. The number of halogens is 3. The van der Waals surface area contributed by atoms with E-state index in [0.29, 0.717) is 17.1 Å². The molecule has 0 aliphatic rings. The highest BCUT2D eigenvalue weighted by molar-refractivity contribution is 5.67. The molecule has 0 N–H and O–H groups in total. The van der Waals surface area contributed by atoms with E-state index in [1.54, 1.807) is 31.8 Å². The summed E-state index contributed by atoms with van der Waals surface area (Å²) in [4.78, 5) is 13.0. The molecule has 0 amide bonds. The molecule has 0 radical (unpaired) electrons. The third kappa shape index (κ3) is 3.79. The van der Waals surface area contributed by atoms with Gasteiger partial charge in [0.15, 0.2) is 5.82 Å². The molecule has 2 aromatic carbocycles. The van der Waals surface area contributed by atoms with Gasteiger partial charge in [0.1, 0.15) is 5.75 Å². The van der Waals surface area contributed by atoms with Gasteiger partial charge in [-0.2, -0.15) is 18.2 Å². The smallest absolute Gasteiger partial charge is 0.417 e. The molecule has 3 heterocycles. The normalized spacial score (nSPS) is 11.8. The van der Waals surface area contributed by atoms with Crippen LogP contribution in [0, 0.1) is 6.92 Å².